The van der Waals surface area contributed by atoms with Crippen LogP contribution < -0.4 is 0 Å². The lowest BCUT2D eigenvalue weighted by Gasteiger charge is -2.05. The summed E-state index contributed by atoms with van der Waals surface area (Å²) in [5.41, 5.74) is 3.33. The zero-order chi connectivity index (χ0) is 18.5. The summed E-state index contributed by atoms with van der Waals surface area (Å²) >= 11 is 13.7. The zero-order valence-corrected chi connectivity index (χ0v) is 16.8. The van der Waals surface area contributed by atoms with Crippen molar-refractivity contribution in [3.63, 3.8) is 0 Å². The molecule has 0 bridgehead atoms. The molecule has 26 heavy (non-hydrogen) atoms. The summed E-state index contributed by atoms with van der Waals surface area (Å²) in [6, 6.07) is 13.8. The molecule has 0 N–H and O–H groups in total. The van der Waals surface area contributed by atoms with Gasteiger partial charge >= 0.3 is 0 Å². The smallest absolute Gasteiger partial charge is 0.192 e. The van der Waals surface area contributed by atoms with Gasteiger partial charge < -0.3 is 0 Å². The zero-order valence-electron chi connectivity index (χ0n) is 14.5. The number of halogens is 2. The lowest BCUT2D eigenvalue weighted by Crippen LogP contribution is -1.97. The molecule has 4 nitrogen and oxygen atoms in total. The van der Waals surface area contributed by atoms with Crippen molar-refractivity contribution < 1.29 is 0 Å². The third-order valence-corrected chi connectivity index (χ3v) is 5.41. The van der Waals surface area contributed by atoms with Crippen LogP contribution in [0.5, 0.6) is 0 Å². The van der Waals surface area contributed by atoms with Gasteiger partial charge in [-0.25, -0.2) is 0 Å². The maximum atomic E-state index is 6.24. The van der Waals surface area contributed by atoms with E-state index in [4.69, 9.17) is 23.2 Å². The first-order valence-electron chi connectivity index (χ1n) is 8.19. The number of benzene rings is 2. The van der Waals surface area contributed by atoms with E-state index in [1.54, 1.807) is 10.7 Å². The van der Waals surface area contributed by atoms with Crippen LogP contribution >= 0.6 is 35.0 Å². The summed E-state index contributed by atoms with van der Waals surface area (Å²) < 4.78 is 1.74. The molecule has 1 heterocycles. The quantitative estimate of drug-likeness (QED) is 0.394. The lowest BCUT2D eigenvalue weighted by atomic mass is 10.1. The Morgan fingerprint density at radius 1 is 1.12 bits per heavy atom. The average Bonchev–Trinajstić information content (AvgIpc) is 2.99. The molecule has 0 aliphatic carbocycles. The lowest BCUT2D eigenvalue weighted by molar-refractivity contribution is 0.744. The van der Waals surface area contributed by atoms with Gasteiger partial charge in [0.05, 0.1) is 6.21 Å². The van der Waals surface area contributed by atoms with Gasteiger partial charge in [-0.2, -0.15) is 9.78 Å². The third-order valence-electron chi connectivity index (χ3n) is 3.85. The minimum atomic E-state index is 0.626. The van der Waals surface area contributed by atoms with Gasteiger partial charge in [0.15, 0.2) is 5.82 Å². The van der Waals surface area contributed by atoms with Crippen LogP contribution in [-0.2, 0) is 12.2 Å². The Morgan fingerprint density at radius 3 is 2.58 bits per heavy atom. The molecule has 2 aromatic carbocycles. The maximum Gasteiger partial charge on any atom is 0.212 e. The van der Waals surface area contributed by atoms with Crippen LogP contribution in [0.15, 0.2) is 52.7 Å². The van der Waals surface area contributed by atoms with Gasteiger partial charge in [0.1, 0.15) is 0 Å². The molecule has 0 atom stereocenters. The van der Waals surface area contributed by atoms with E-state index < -0.39 is 0 Å². The maximum absolute atomic E-state index is 6.24. The predicted octanol–water partition coefficient (Wildman–Crippen LogP) is 5.63. The summed E-state index contributed by atoms with van der Waals surface area (Å²) in [7, 11) is 0. The van der Waals surface area contributed by atoms with E-state index in [-0.39, 0.29) is 0 Å². The molecule has 0 aliphatic rings. The first kappa shape index (κ1) is 19.0. The van der Waals surface area contributed by atoms with E-state index in [0.29, 0.717) is 15.8 Å². The Morgan fingerprint density at radius 2 is 1.88 bits per heavy atom. The standard InChI is InChI=1S/C19H18Cl2N4S/c1-3-14-4-6-15(7-5-14)11-22-25-13(2)23-24-19(25)26-12-16-8-9-17(20)10-18(16)21/h4-11H,3,12H2,1-2H3/b22-11-. The highest BCUT2D eigenvalue weighted by Crippen LogP contribution is 2.28. The van der Waals surface area contributed by atoms with Crippen LogP contribution in [0.3, 0.4) is 0 Å². The molecular weight excluding hydrogens is 387 g/mol. The molecule has 0 unspecified atom stereocenters. The van der Waals surface area contributed by atoms with Crippen LogP contribution in [0.2, 0.25) is 10.0 Å². The van der Waals surface area contributed by atoms with E-state index in [2.05, 4.69) is 46.5 Å². The monoisotopic (exact) mass is 404 g/mol. The van der Waals surface area contributed by atoms with Crippen molar-refractivity contribution in [3.05, 3.63) is 75.0 Å². The van der Waals surface area contributed by atoms with E-state index in [1.165, 1.54) is 17.3 Å². The molecule has 1 aromatic heterocycles. The molecule has 0 saturated heterocycles. The van der Waals surface area contributed by atoms with Gasteiger partial charge in [-0.15, -0.1) is 10.2 Å². The molecule has 3 rings (SSSR count). The van der Waals surface area contributed by atoms with E-state index in [0.717, 1.165) is 28.5 Å². The van der Waals surface area contributed by atoms with Crippen molar-refractivity contribution in [3.8, 4) is 0 Å². The van der Waals surface area contributed by atoms with Crippen molar-refractivity contribution in [2.24, 2.45) is 5.10 Å². The largest absolute Gasteiger partial charge is 0.212 e. The minimum Gasteiger partial charge on any atom is -0.192 e. The van der Waals surface area contributed by atoms with E-state index >= 15 is 0 Å². The fraction of sp³-hybridized carbons (Fsp3) is 0.211. The van der Waals surface area contributed by atoms with Crippen molar-refractivity contribution in [2.75, 3.05) is 0 Å². The van der Waals surface area contributed by atoms with Crippen LogP contribution in [0.25, 0.3) is 0 Å². The number of rotatable bonds is 6. The number of thioether (sulfide) groups is 1. The van der Waals surface area contributed by atoms with Crippen LogP contribution in [0.4, 0.5) is 0 Å². The molecule has 3 aromatic rings. The van der Waals surface area contributed by atoms with Gasteiger partial charge in [-0.3, -0.25) is 0 Å². The normalized spacial score (nSPS) is 11.4. The summed E-state index contributed by atoms with van der Waals surface area (Å²) in [6.45, 7) is 4.02. The molecular formula is C19H18Cl2N4S. The average molecular weight is 405 g/mol. The second-order valence-corrected chi connectivity index (χ2v) is 7.49. The predicted molar refractivity (Wildman–Crippen MR) is 110 cm³/mol. The van der Waals surface area contributed by atoms with Crippen LogP contribution in [0, 0.1) is 6.92 Å². The van der Waals surface area contributed by atoms with Gasteiger partial charge in [0, 0.05) is 15.8 Å². The highest BCUT2D eigenvalue weighted by Gasteiger charge is 2.10. The first-order valence-corrected chi connectivity index (χ1v) is 9.93. The molecule has 0 radical (unpaired) electrons. The SMILES string of the molecule is CCc1ccc(/C=N\n2c(C)nnc2SCc2ccc(Cl)cc2Cl)cc1. The number of hydrogen-bond donors (Lipinski definition) is 0. The second-order valence-electron chi connectivity index (χ2n) is 5.71. The molecule has 0 spiro atoms. The Bertz CT molecular complexity index is 920. The van der Waals surface area contributed by atoms with Crippen molar-refractivity contribution >= 4 is 41.2 Å². The van der Waals surface area contributed by atoms with Gasteiger partial charge in [-0.1, -0.05) is 72.2 Å². The number of nitrogens with zero attached hydrogens (tertiary/aromatic N) is 4. The number of hydrogen-bond acceptors (Lipinski definition) is 4. The summed E-state index contributed by atoms with van der Waals surface area (Å²) in [5.74, 6) is 1.39. The Labute approximate surface area is 167 Å². The molecule has 7 heteroatoms. The Kier molecular flexibility index (Phi) is 6.35. The fourth-order valence-electron chi connectivity index (χ4n) is 2.31. The molecule has 0 aliphatic heterocycles. The summed E-state index contributed by atoms with van der Waals surface area (Å²) in [6.07, 6.45) is 2.84. The van der Waals surface area contributed by atoms with Gasteiger partial charge in [0.25, 0.3) is 0 Å². The second kappa shape index (κ2) is 8.71. The van der Waals surface area contributed by atoms with Crippen molar-refractivity contribution in [1.82, 2.24) is 14.9 Å². The van der Waals surface area contributed by atoms with E-state index in [9.17, 15) is 0 Å². The highest BCUT2D eigenvalue weighted by atomic mass is 35.5. The van der Waals surface area contributed by atoms with Crippen molar-refractivity contribution in [2.45, 2.75) is 31.2 Å². The molecule has 134 valence electrons. The van der Waals surface area contributed by atoms with Crippen molar-refractivity contribution in [1.29, 1.82) is 0 Å². The molecule has 0 amide bonds. The topological polar surface area (TPSA) is 43.1 Å². The molecule has 0 saturated carbocycles. The molecule has 0 fully saturated rings. The minimum absolute atomic E-state index is 0.626. The van der Waals surface area contributed by atoms with Crippen LogP contribution in [-0.4, -0.2) is 21.1 Å². The fourth-order valence-corrected chi connectivity index (χ4v) is 3.80. The third kappa shape index (κ3) is 4.67. The van der Waals surface area contributed by atoms with Crippen LogP contribution in [0.1, 0.15) is 29.4 Å². The Balaban J connectivity index is 1.74. The first-order chi connectivity index (χ1) is 12.6. The summed E-state index contributed by atoms with van der Waals surface area (Å²) in [4.78, 5) is 0. The Hall–Kier alpha value is -1.82. The van der Waals surface area contributed by atoms with Gasteiger partial charge in [-0.05, 0) is 42.2 Å². The number of aryl methyl sites for hydroxylation is 2. The number of aromatic nitrogens is 3. The summed E-state index contributed by atoms with van der Waals surface area (Å²) in [5, 5.41) is 14.9. The van der Waals surface area contributed by atoms with E-state index in [1.807, 2.05) is 25.3 Å². The highest BCUT2D eigenvalue weighted by molar-refractivity contribution is 7.98. The van der Waals surface area contributed by atoms with Gasteiger partial charge in [0.2, 0.25) is 5.16 Å².